The van der Waals surface area contributed by atoms with Crippen molar-refractivity contribution in [3.8, 4) is 0 Å². The minimum Gasteiger partial charge on any atom is -0.475 e. The topological polar surface area (TPSA) is 135 Å². The number of pyridine rings is 1. The fourth-order valence-electron chi connectivity index (χ4n) is 2.48. The first-order valence-electron chi connectivity index (χ1n) is 9.24. The van der Waals surface area contributed by atoms with Crippen molar-refractivity contribution in [2.24, 2.45) is 5.73 Å². The summed E-state index contributed by atoms with van der Waals surface area (Å²) in [5.74, 6) is -2.63. The lowest BCUT2D eigenvalue weighted by Crippen LogP contribution is -2.33. The van der Waals surface area contributed by atoms with E-state index in [0.717, 1.165) is 5.52 Å². The fraction of sp³-hybridized carbons (Fsp3) is 0.190. The number of fused-ring (bicyclic) bond motifs is 1. The molecule has 170 valence electrons. The molecule has 5 N–H and O–H groups in total. The van der Waals surface area contributed by atoms with E-state index in [1.807, 2.05) is 24.3 Å². The number of benzene rings is 2. The van der Waals surface area contributed by atoms with Crippen LogP contribution >= 0.6 is 0 Å². The predicted molar refractivity (Wildman–Crippen MR) is 111 cm³/mol. The number of H-pyrrole nitrogens is 1. The van der Waals surface area contributed by atoms with Gasteiger partial charge in [-0.05, 0) is 24.3 Å². The van der Waals surface area contributed by atoms with Crippen LogP contribution in [0.25, 0.3) is 10.9 Å². The van der Waals surface area contributed by atoms with Gasteiger partial charge in [-0.2, -0.15) is 13.2 Å². The molecule has 0 saturated carbocycles. The van der Waals surface area contributed by atoms with Gasteiger partial charge in [-0.15, -0.1) is 0 Å². The Morgan fingerprint density at radius 2 is 1.69 bits per heavy atom. The normalized spacial score (nSPS) is 11.8. The van der Waals surface area contributed by atoms with E-state index in [9.17, 15) is 22.8 Å². The van der Waals surface area contributed by atoms with Gasteiger partial charge in [0.05, 0.1) is 17.6 Å². The second-order valence-corrected chi connectivity index (χ2v) is 6.41. The van der Waals surface area contributed by atoms with Gasteiger partial charge in [0.2, 0.25) is 0 Å². The Labute approximate surface area is 179 Å². The van der Waals surface area contributed by atoms with E-state index in [4.69, 9.17) is 20.4 Å². The monoisotopic (exact) mass is 451 g/mol. The van der Waals surface area contributed by atoms with E-state index >= 15 is 0 Å². The summed E-state index contributed by atoms with van der Waals surface area (Å²) in [7, 11) is 0. The zero-order chi connectivity index (χ0) is 23.7. The van der Waals surface area contributed by atoms with Crippen molar-refractivity contribution in [3.05, 3.63) is 76.5 Å². The summed E-state index contributed by atoms with van der Waals surface area (Å²) in [6, 6.07) is 17.5. The molecule has 0 aliphatic carbocycles. The molecule has 11 heteroatoms. The number of aromatic amines is 1. The van der Waals surface area contributed by atoms with Crippen LogP contribution in [0.15, 0.2) is 65.5 Å². The average Bonchev–Trinajstić information content (AvgIpc) is 2.77. The van der Waals surface area contributed by atoms with Gasteiger partial charge in [-0.1, -0.05) is 30.3 Å². The maximum Gasteiger partial charge on any atom is 0.490 e. The van der Waals surface area contributed by atoms with Crippen LogP contribution in [0.2, 0.25) is 0 Å². The molecule has 1 heterocycles. The summed E-state index contributed by atoms with van der Waals surface area (Å²) < 4.78 is 37.1. The number of alkyl halides is 3. The number of carbonyl (C=O) groups is 2. The van der Waals surface area contributed by atoms with Crippen molar-refractivity contribution in [2.75, 3.05) is 18.4 Å². The van der Waals surface area contributed by atoms with Gasteiger partial charge in [0.25, 0.3) is 0 Å². The summed E-state index contributed by atoms with van der Waals surface area (Å²) in [5.41, 5.74) is 6.82. The zero-order valence-electron chi connectivity index (χ0n) is 16.6. The lowest BCUT2D eigenvalue weighted by atomic mass is 10.2. The van der Waals surface area contributed by atoms with Gasteiger partial charge in [0.1, 0.15) is 11.9 Å². The van der Waals surface area contributed by atoms with Gasteiger partial charge in [0.15, 0.2) is 5.43 Å². The zero-order valence-corrected chi connectivity index (χ0v) is 16.6. The third-order valence-corrected chi connectivity index (χ3v) is 4.05. The van der Waals surface area contributed by atoms with Crippen LogP contribution in [0.5, 0.6) is 0 Å². The highest BCUT2D eigenvalue weighted by Gasteiger charge is 2.38. The number of nitrogens with one attached hydrogen (secondary N) is 2. The Hall–Kier alpha value is -3.86. The first-order chi connectivity index (χ1) is 15.1. The maximum absolute atomic E-state index is 12.1. The third kappa shape index (κ3) is 7.13. The second kappa shape index (κ2) is 11.0. The number of esters is 1. The lowest BCUT2D eigenvalue weighted by molar-refractivity contribution is -0.192. The van der Waals surface area contributed by atoms with Gasteiger partial charge in [-0.25, -0.2) is 9.59 Å². The molecular weight excluding hydrogens is 431 g/mol. The molecule has 3 aromatic rings. The molecule has 1 atom stereocenters. The van der Waals surface area contributed by atoms with E-state index in [-0.39, 0.29) is 12.0 Å². The van der Waals surface area contributed by atoms with Crippen molar-refractivity contribution in [1.82, 2.24) is 4.98 Å². The molecule has 0 saturated heterocycles. The molecule has 0 aliphatic heterocycles. The smallest absolute Gasteiger partial charge is 0.475 e. The molecule has 32 heavy (non-hydrogen) atoms. The number of para-hydroxylation sites is 1. The Morgan fingerprint density at radius 3 is 2.28 bits per heavy atom. The number of carboxylic acids is 1. The number of nitrogens with two attached hydrogens (primary N) is 1. The van der Waals surface area contributed by atoms with Crippen LogP contribution in [0.3, 0.4) is 0 Å². The number of rotatable bonds is 6. The molecule has 3 rings (SSSR count). The van der Waals surface area contributed by atoms with Crippen LogP contribution in [0.1, 0.15) is 10.4 Å². The van der Waals surface area contributed by atoms with Crippen LogP contribution < -0.4 is 16.5 Å². The van der Waals surface area contributed by atoms with Crippen LogP contribution in [0, 0.1) is 0 Å². The van der Waals surface area contributed by atoms with Gasteiger partial charge in [0, 0.05) is 18.0 Å². The van der Waals surface area contributed by atoms with Crippen LogP contribution in [-0.2, 0) is 9.53 Å². The summed E-state index contributed by atoms with van der Waals surface area (Å²) in [5, 5.41) is 10.8. The number of ether oxygens (including phenoxy) is 1. The Balaban J connectivity index is 0.000000451. The first-order valence-corrected chi connectivity index (χ1v) is 9.24. The number of hydrogen-bond donors (Lipinski definition) is 4. The van der Waals surface area contributed by atoms with Crippen molar-refractivity contribution in [2.45, 2.75) is 12.3 Å². The lowest BCUT2D eigenvalue weighted by Gasteiger charge is -2.17. The average molecular weight is 451 g/mol. The number of aromatic nitrogens is 1. The summed E-state index contributed by atoms with van der Waals surface area (Å²) >= 11 is 0. The Kier molecular flexibility index (Phi) is 8.36. The maximum atomic E-state index is 12.1. The van der Waals surface area contributed by atoms with E-state index in [1.54, 1.807) is 30.3 Å². The molecule has 0 radical (unpaired) electrons. The highest BCUT2D eigenvalue weighted by molar-refractivity contribution is 5.89. The summed E-state index contributed by atoms with van der Waals surface area (Å²) in [6.07, 6.45) is -5.59. The largest absolute Gasteiger partial charge is 0.490 e. The van der Waals surface area contributed by atoms with Crippen molar-refractivity contribution < 1.29 is 32.6 Å². The first kappa shape index (κ1) is 24.4. The molecule has 0 bridgehead atoms. The van der Waals surface area contributed by atoms with Crippen molar-refractivity contribution >= 4 is 28.7 Å². The molecule has 1 unspecified atom stereocenters. The SMILES string of the molecule is NCC(CNc1cc(=O)c2ccccc2[nH]1)OC(=O)c1ccccc1.O=C(O)C(F)(F)F. The fourth-order valence-corrected chi connectivity index (χ4v) is 2.48. The second-order valence-electron chi connectivity index (χ2n) is 6.41. The molecule has 0 aliphatic rings. The molecule has 0 spiro atoms. The molecular formula is C21H20F3N3O5. The number of hydrogen-bond acceptors (Lipinski definition) is 6. The van der Waals surface area contributed by atoms with E-state index in [0.29, 0.717) is 23.3 Å². The molecule has 8 nitrogen and oxygen atoms in total. The van der Waals surface area contributed by atoms with Crippen molar-refractivity contribution in [1.29, 1.82) is 0 Å². The van der Waals surface area contributed by atoms with Crippen molar-refractivity contribution in [3.63, 3.8) is 0 Å². The number of carboxylic acid groups (broad SMARTS) is 1. The summed E-state index contributed by atoms with van der Waals surface area (Å²) in [6.45, 7) is 0.465. The van der Waals surface area contributed by atoms with E-state index < -0.39 is 24.2 Å². The van der Waals surface area contributed by atoms with Crippen LogP contribution in [-0.4, -0.2) is 47.4 Å². The quantitative estimate of drug-likeness (QED) is 0.423. The number of halogens is 3. The standard InChI is InChI=1S/C19H19N3O3.C2HF3O2/c20-11-14(25-19(24)13-6-2-1-3-7-13)12-21-18-10-17(23)15-8-4-5-9-16(15)22-18;3-2(4,5)1(6)7/h1-10,14H,11-12,20H2,(H2,21,22,23);(H,6,7). The third-order valence-electron chi connectivity index (χ3n) is 4.05. The highest BCUT2D eigenvalue weighted by atomic mass is 19.4. The Morgan fingerprint density at radius 1 is 1.09 bits per heavy atom. The minimum atomic E-state index is -5.08. The number of carbonyl (C=O) groups excluding carboxylic acids is 1. The van der Waals surface area contributed by atoms with E-state index in [1.165, 1.54) is 6.07 Å². The summed E-state index contributed by atoms with van der Waals surface area (Å²) in [4.78, 5) is 36.2. The van der Waals surface area contributed by atoms with E-state index in [2.05, 4.69) is 10.3 Å². The number of aliphatic carboxylic acids is 1. The molecule has 0 amide bonds. The Bertz CT molecular complexity index is 1120. The number of anilines is 1. The van der Waals surface area contributed by atoms with Gasteiger partial charge < -0.3 is 25.9 Å². The molecule has 2 aromatic carbocycles. The highest BCUT2D eigenvalue weighted by Crippen LogP contribution is 2.13. The van der Waals surface area contributed by atoms with Crippen LogP contribution in [0.4, 0.5) is 19.0 Å². The van der Waals surface area contributed by atoms with Gasteiger partial charge in [-0.3, -0.25) is 4.79 Å². The predicted octanol–water partition coefficient (Wildman–Crippen LogP) is 2.76. The minimum absolute atomic E-state index is 0.0811. The molecule has 1 aromatic heterocycles. The van der Waals surface area contributed by atoms with Gasteiger partial charge >= 0.3 is 18.1 Å². The molecule has 0 fully saturated rings.